The van der Waals surface area contributed by atoms with Crippen LogP contribution >= 0.6 is 0 Å². The van der Waals surface area contributed by atoms with E-state index in [0.717, 1.165) is 30.3 Å². The fourth-order valence-electron chi connectivity index (χ4n) is 3.79. The van der Waals surface area contributed by atoms with Gasteiger partial charge in [-0.2, -0.15) is 0 Å². The standard InChI is InChI=1S/C16H31N/c1-3-13-8-10-15(11-9-13)16(17-4-2)12-14-6-5-7-14/h13-17H,3-12H2,1-2H3. The Balaban J connectivity index is 1.78. The largest absolute Gasteiger partial charge is 0.314 e. The summed E-state index contributed by atoms with van der Waals surface area (Å²) in [7, 11) is 0. The first-order valence-corrected chi connectivity index (χ1v) is 8.06. The van der Waals surface area contributed by atoms with Crippen LogP contribution in [0.25, 0.3) is 0 Å². The minimum atomic E-state index is 0.836. The maximum absolute atomic E-state index is 3.78. The maximum Gasteiger partial charge on any atom is 0.00978 e. The Hall–Kier alpha value is -0.0400. The number of hydrogen-bond acceptors (Lipinski definition) is 1. The Kier molecular flexibility index (Phi) is 5.34. The molecule has 2 aliphatic rings. The summed E-state index contributed by atoms with van der Waals surface area (Å²) in [4.78, 5) is 0. The fourth-order valence-corrected chi connectivity index (χ4v) is 3.79. The van der Waals surface area contributed by atoms with Crippen molar-refractivity contribution in [3.8, 4) is 0 Å². The van der Waals surface area contributed by atoms with Gasteiger partial charge in [-0.25, -0.2) is 0 Å². The van der Waals surface area contributed by atoms with Crippen molar-refractivity contribution in [3.05, 3.63) is 0 Å². The molecule has 1 atom stereocenters. The summed E-state index contributed by atoms with van der Waals surface area (Å²) in [5.41, 5.74) is 0. The SMILES string of the molecule is CCNC(CC1CCC1)C1CCC(CC)CC1. The molecule has 0 amide bonds. The zero-order valence-corrected chi connectivity index (χ0v) is 11.9. The van der Waals surface area contributed by atoms with Crippen LogP contribution in [0.5, 0.6) is 0 Å². The second kappa shape index (κ2) is 6.78. The summed E-state index contributed by atoms with van der Waals surface area (Å²) in [5.74, 6) is 3.08. The van der Waals surface area contributed by atoms with Crippen LogP contribution in [0.4, 0.5) is 0 Å². The molecule has 0 aliphatic heterocycles. The summed E-state index contributed by atoms with van der Waals surface area (Å²) >= 11 is 0. The van der Waals surface area contributed by atoms with Gasteiger partial charge in [-0.15, -0.1) is 0 Å². The highest BCUT2D eigenvalue weighted by atomic mass is 14.9. The van der Waals surface area contributed by atoms with Gasteiger partial charge >= 0.3 is 0 Å². The molecule has 0 aromatic rings. The molecule has 0 aromatic carbocycles. The predicted octanol–water partition coefficient (Wildman–Crippen LogP) is 4.37. The second-order valence-corrected chi connectivity index (χ2v) is 6.39. The minimum Gasteiger partial charge on any atom is -0.314 e. The van der Waals surface area contributed by atoms with Gasteiger partial charge < -0.3 is 5.32 Å². The van der Waals surface area contributed by atoms with Gasteiger partial charge in [-0.05, 0) is 43.6 Å². The van der Waals surface area contributed by atoms with E-state index in [2.05, 4.69) is 19.2 Å². The Bertz CT molecular complexity index is 202. The van der Waals surface area contributed by atoms with Crippen molar-refractivity contribution in [1.82, 2.24) is 5.32 Å². The first-order chi connectivity index (χ1) is 8.33. The average molecular weight is 237 g/mol. The quantitative estimate of drug-likeness (QED) is 0.723. The van der Waals surface area contributed by atoms with Gasteiger partial charge in [0.1, 0.15) is 0 Å². The van der Waals surface area contributed by atoms with E-state index < -0.39 is 0 Å². The Labute approximate surface area is 108 Å². The molecule has 2 fully saturated rings. The highest BCUT2D eigenvalue weighted by Crippen LogP contribution is 2.37. The van der Waals surface area contributed by atoms with Gasteiger partial charge in [0.25, 0.3) is 0 Å². The lowest BCUT2D eigenvalue weighted by Gasteiger charge is -2.37. The summed E-state index contributed by atoms with van der Waals surface area (Å²) < 4.78 is 0. The van der Waals surface area contributed by atoms with E-state index in [9.17, 15) is 0 Å². The maximum atomic E-state index is 3.78. The third kappa shape index (κ3) is 3.71. The van der Waals surface area contributed by atoms with Gasteiger partial charge in [0, 0.05) is 6.04 Å². The lowest BCUT2D eigenvalue weighted by Crippen LogP contribution is -2.40. The Morgan fingerprint density at radius 1 is 0.941 bits per heavy atom. The topological polar surface area (TPSA) is 12.0 Å². The molecule has 0 spiro atoms. The number of nitrogens with one attached hydrogen (secondary N) is 1. The molecule has 1 N–H and O–H groups in total. The zero-order valence-electron chi connectivity index (χ0n) is 11.9. The molecule has 100 valence electrons. The molecule has 2 saturated carbocycles. The van der Waals surface area contributed by atoms with Crippen molar-refractivity contribution >= 4 is 0 Å². The van der Waals surface area contributed by atoms with E-state index in [0.29, 0.717) is 0 Å². The fraction of sp³-hybridized carbons (Fsp3) is 1.00. The van der Waals surface area contributed by atoms with Crippen molar-refractivity contribution < 1.29 is 0 Å². The number of hydrogen-bond donors (Lipinski definition) is 1. The van der Waals surface area contributed by atoms with Gasteiger partial charge in [0.05, 0.1) is 0 Å². The lowest BCUT2D eigenvalue weighted by atomic mass is 9.72. The van der Waals surface area contributed by atoms with Crippen LogP contribution in [0.15, 0.2) is 0 Å². The van der Waals surface area contributed by atoms with Crippen LogP contribution in [0, 0.1) is 17.8 Å². The average Bonchev–Trinajstić information content (AvgIpc) is 2.32. The van der Waals surface area contributed by atoms with Gasteiger partial charge in [-0.3, -0.25) is 0 Å². The lowest BCUT2D eigenvalue weighted by molar-refractivity contribution is 0.173. The molecular weight excluding hydrogens is 206 g/mol. The summed E-state index contributed by atoms with van der Waals surface area (Å²) in [6.07, 6.45) is 13.3. The zero-order chi connectivity index (χ0) is 12.1. The normalized spacial score (nSPS) is 32.1. The highest BCUT2D eigenvalue weighted by molar-refractivity contribution is 4.85. The van der Waals surface area contributed by atoms with Crippen LogP contribution in [-0.4, -0.2) is 12.6 Å². The molecule has 0 aromatic heterocycles. The second-order valence-electron chi connectivity index (χ2n) is 6.39. The predicted molar refractivity (Wildman–Crippen MR) is 75.2 cm³/mol. The smallest absolute Gasteiger partial charge is 0.00978 e. The molecule has 0 heterocycles. The molecule has 0 bridgehead atoms. The van der Waals surface area contributed by atoms with Crippen LogP contribution < -0.4 is 5.32 Å². The van der Waals surface area contributed by atoms with Crippen LogP contribution in [0.1, 0.15) is 71.6 Å². The van der Waals surface area contributed by atoms with Crippen LogP contribution in [-0.2, 0) is 0 Å². The molecular formula is C16H31N. The van der Waals surface area contributed by atoms with Crippen molar-refractivity contribution in [2.24, 2.45) is 17.8 Å². The third-order valence-corrected chi connectivity index (χ3v) is 5.32. The van der Waals surface area contributed by atoms with E-state index in [4.69, 9.17) is 0 Å². The molecule has 1 unspecified atom stereocenters. The van der Waals surface area contributed by atoms with E-state index in [-0.39, 0.29) is 0 Å². The first kappa shape index (κ1) is 13.4. The van der Waals surface area contributed by atoms with E-state index >= 15 is 0 Å². The molecule has 1 nitrogen and oxygen atoms in total. The van der Waals surface area contributed by atoms with Gasteiger partial charge in [0.15, 0.2) is 0 Å². The van der Waals surface area contributed by atoms with Crippen LogP contribution in [0.3, 0.4) is 0 Å². The van der Waals surface area contributed by atoms with Gasteiger partial charge in [-0.1, -0.05) is 52.4 Å². The highest BCUT2D eigenvalue weighted by Gasteiger charge is 2.29. The minimum absolute atomic E-state index is 0.836. The third-order valence-electron chi connectivity index (χ3n) is 5.32. The van der Waals surface area contributed by atoms with E-state index in [1.807, 2.05) is 0 Å². The summed E-state index contributed by atoms with van der Waals surface area (Å²) in [5, 5.41) is 3.78. The van der Waals surface area contributed by atoms with Crippen molar-refractivity contribution in [2.45, 2.75) is 77.7 Å². The molecule has 2 aliphatic carbocycles. The summed E-state index contributed by atoms with van der Waals surface area (Å²) in [6, 6.07) is 0.836. The summed E-state index contributed by atoms with van der Waals surface area (Å²) in [6.45, 7) is 5.79. The van der Waals surface area contributed by atoms with Crippen molar-refractivity contribution in [3.63, 3.8) is 0 Å². The Morgan fingerprint density at radius 2 is 1.65 bits per heavy atom. The molecule has 0 radical (unpaired) electrons. The van der Waals surface area contributed by atoms with Gasteiger partial charge in [0.2, 0.25) is 0 Å². The van der Waals surface area contributed by atoms with Crippen molar-refractivity contribution in [2.75, 3.05) is 6.54 Å². The van der Waals surface area contributed by atoms with E-state index in [1.165, 1.54) is 57.8 Å². The molecule has 0 saturated heterocycles. The van der Waals surface area contributed by atoms with Crippen LogP contribution in [0.2, 0.25) is 0 Å². The first-order valence-electron chi connectivity index (χ1n) is 8.06. The number of rotatable bonds is 6. The molecule has 2 rings (SSSR count). The monoisotopic (exact) mass is 237 g/mol. The molecule has 1 heteroatoms. The Morgan fingerprint density at radius 3 is 2.12 bits per heavy atom. The molecule has 17 heavy (non-hydrogen) atoms. The van der Waals surface area contributed by atoms with Crippen molar-refractivity contribution in [1.29, 1.82) is 0 Å². The van der Waals surface area contributed by atoms with E-state index in [1.54, 1.807) is 0 Å².